The zero-order valence-electron chi connectivity index (χ0n) is 18.5. The molecule has 0 spiro atoms. The van der Waals surface area contributed by atoms with Crippen molar-refractivity contribution < 1.29 is 27.5 Å². The van der Waals surface area contributed by atoms with Crippen LogP contribution in [0.15, 0.2) is 47.4 Å². The van der Waals surface area contributed by atoms with E-state index in [1.807, 2.05) is 6.92 Å². The van der Waals surface area contributed by atoms with E-state index in [0.717, 1.165) is 0 Å². The van der Waals surface area contributed by atoms with Crippen molar-refractivity contribution in [3.05, 3.63) is 53.1 Å². The average molecular weight is 495 g/mol. The Morgan fingerprint density at radius 1 is 1.06 bits per heavy atom. The van der Waals surface area contributed by atoms with Gasteiger partial charge >= 0.3 is 5.97 Å². The molecule has 3 rings (SSSR count). The Bertz CT molecular complexity index is 1100. The number of amides is 1. The van der Waals surface area contributed by atoms with Crippen LogP contribution < -0.4 is 10.1 Å². The van der Waals surface area contributed by atoms with Crippen molar-refractivity contribution in [2.75, 3.05) is 31.6 Å². The van der Waals surface area contributed by atoms with Crippen molar-refractivity contribution in [1.29, 1.82) is 0 Å². The lowest BCUT2D eigenvalue weighted by Gasteiger charge is -2.30. The molecule has 1 N–H and O–H groups in total. The van der Waals surface area contributed by atoms with Crippen LogP contribution in [0.3, 0.4) is 0 Å². The maximum absolute atomic E-state index is 13.0. The van der Waals surface area contributed by atoms with Gasteiger partial charge in [-0.25, -0.2) is 13.2 Å². The van der Waals surface area contributed by atoms with Crippen molar-refractivity contribution in [2.45, 2.75) is 31.6 Å². The Morgan fingerprint density at radius 3 is 2.33 bits per heavy atom. The number of carbonyl (C=O) groups is 2. The normalized spacial score (nSPS) is 15.1. The molecule has 1 aliphatic rings. The first-order chi connectivity index (χ1) is 15.8. The largest absolute Gasteiger partial charge is 0.490 e. The van der Waals surface area contributed by atoms with Crippen molar-refractivity contribution in [2.24, 2.45) is 5.92 Å². The van der Waals surface area contributed by atoms with E-state index in [1.54, 1.807) is 25.1 Å². The van der Waals surface area contributed by atoms with Gasteiger partial charge in [0.2, 0.25) is 15.9 Å². The van der Waals surface area contributed by atoms with Crippen LogP contribution in [-0.2, 0) is 19.6 Å². The number of hydrogen-bond donors (Lipinski definition) is 1. The van der Waals surface area contributed by atoms with E-state index in [0.29, 0.717) is 41.5 Å². The number of sulfonamides is 1. The Kier molecular flexibility index (Phi) is 8.34. The van der Waals surface area contributed by atoms with Crippen LogP contribution in [-0.4, -0.2) is 50.9 Å². The smallest absolute Gasteiger partial charge is 0.338 e. The summed E-state index contributed by atoms with van der Waals surface area (Å²) >= 11 is 6.17. The molecule has 0 bridgehead atoms. The molecule has 1 saturated heterocycles. The number of hydrogen-bond acceptors (Lipinski definition) is 6. The van der Waals surface area contributed by atoms with Gasteiger partial charge in [0, 0.05) is 19.0 Å². The summed E-state index contributed by atoms with van der Waals surface area (Å²) in [6.45, 7) is 4.61. The minimum Gasteiger partial charge on any atom is -0.490 e. The Balaban J connectivity index is 1.63. The number of esters is 1. The van der Waals surface area contributed by atoms with Gasteiger partial charge in [0.15, 0.2) is 5.75 Å². The zero-order valence-corrected chi connectivity index (χ0v) is 20.1. The number of rotatable bonds is 8. The molecule has 0 saturated carbocycles. The van der Waals surface area contributed by atoms with Crippen LogP contribution in [0.1, 0.15) is 37.0 Å². The average Bonchev–Trinajstić information content (AvgIpc) is 2.81. The Labute approximate surface area is 198 Å². The molecule has 0 unspecified atom stereocenters. The highest BCUT2D eigenvalue weighted by Crippen LogP contribution is 2.34. The van der Waals surface area contributed by atoms with Crippen LogP contribution in [0, 0.1) is 5.92 Å². The number of nitrogens with zero attached hydrogens (tertiary/aromatic N) is 1. The first kappa shape index (κ1) is 25.0. The molecule has 0 aromatic heterocycles. The van der Waals surface area contributed by atoms with Gasteiger partial charge in [0.25, 0.3) is 0 Å². The minimum absolute atomic E-state index is 0.0960. The van der Waals surface area contributed by atoms with Gasteiger partial charge in [-0.15, -0.1) is 0 Å². The maximum atomic E-state index is 13.0. The molecule has 1 amide bonds. The van der Waals surface area contributed by atoms with Crippen LogP contribution >= 0.6 is 11.6 Å². The molecular weight excluding hydrogens is 468 g/mol. The zero-order chi connectivity index (χ0) is 24.0. The van der Waals surface area contributed by atoms with Crippen LogP contribution in [0.25, 0.3) is 0 Å². The molecule has 178 valence electrons. The topological polar surface area (TPSA) is 102 Å². The van der Waals surface area contributed by atoms with Gasteiger partial charge in [0.1, 0.15) is 0 Å². The lowest BCUT2D eigenvalue weighted by atomic mass is 9.97. The highest BCUT2D eigenvalue weighted by Gasteiger charge is 2.32. The number of ether oxygens (including phenoxy) is 2. The summed E-state index contributed by atoms with van der Waals surface area (Å²) in [6.07, 6.45) is 0.771. The second kappa shape index (κ2) is 11.0. The third-order valence-electron chi connectivity index (χ3n) is 5.34. The summed E-state index contributed by atoms with van der Waals surface area (Å²) in [6, 6.07) is 10.8. The molecule has 0 aliphatic carbocycles. The van der Waals surface area contributed by atoms with Gasteiger partial charge in [-0.2, -0.15) is 4.31 Å². The quantitative estimate of drug-likeness (QED) is 0.557. The molecule has 8 nitrogen and oxygen atoms in total. The molecule has 33 heavy (non-hydrogen) atoms. The second-order valence-corrected chi connectivity index (χ2v) is 9.81. The molecule has 0 radical (unpaired) electrons. The fraction of sp³-hybridized carbons (Fsp3) is 0.391. The van der Waals surface area contributed by atoms with Gasteiger partial charge in [-0.05, 0) is 63.1 Å². The van der Waals surface area contributed by atoms with E-state index in [4.69, 9.17) is 21.1 Å². The number of anilines is 1. The van der Waals surface area contributed by atoms with E-state index in [1.165, 1.54) is 28.6 Å². The molecule has 0 atom stereocenters. The molecule has 1 heterocycles. The number of halogens is 1. The number of piperidine rings is 1. The van der Waals surface area contributed by atoms with Crippen molar-refractivity contribution in [3.8, 4) is 5.75 Å². The van der Waals surface area contributed by atoms with Gasteiger partial charge < -0.3 is 14.8 Å². The molecule has 1 fully saturated rings. The maximum Gasteiger partial charge on any atom is 0.338 e. The highest BCUT2D eigenvalue weighted by atomic mass is 35.5. The fourth-order valence-corrected chi connectivity index (χ4v) is 5.32. The van der Waals surface area contributed by atoms with Crippen molar-refractivity contribution in [1.82, 2.24) is 4.31 Å². The Hall–Kier alpha value is -2.62. The number of benzene rings is 2. The number of para-hydroxylation sites is 1. The van der Waals surface area contributed by atoms with E-state index in [-0.39, 0.29) is 36.4 Å². The summed E-state index contributed by atoms with van der Waals surface area (Å²) in [7, 11) is -3.73. The number of carbonyl (C=O) groups excluding carboxylic acids is 2. The molecule has 2 aromatic carbocycles. The number of nitrogens with one attached hydrogen (secondary N) is 1. The highest BCUT2D eigenvalue weighted by molar-refractivity contribution is 7.89. The summed E-state index contributed by atoms with van der Waals surface area (Å²) in [5, 5.41) is 3.27. The molecular formula is C23H27ClN2O6S. The minimum atomic E-state index is -3.73. The predicted molar refractivity (Wildman–Crippen MR) is 125 cm³/mol. The lowest BCUT2D eigenvalue weighted by molar-refractivity contribution is -0.120. The van der Waals surface area contributed by atoms with Gasteiger partial charge in [-0.3, -0.25) is 4.79 Å². The SMILES string of the molecule is CCOC(=O)c1ccc(S(=O)(=O)N2CCC(C(=O)Nc3cccc(Cl)c3OCC)CC2)cc1. The summed E-state index contributed by atoms with van der Waals surface area (Å²) in [5.41, 5.74) is 0.782. The Morgan fingerprint density at radius 2 is 1.73 bits per heavy atom. The van der Waals surface area contributed by atoms with Crippen molar-refractivity contribution in [3.63, 3.8) is 0 Å². The molecule has 2 aromatic rings. The first-order valence-corrected chi connectivity index (χ1v) is 12.6. The first-order valence-electron chi connectivity index (χ1n) is 10.8. The van der Waals surface area contributed by atoms with Crippen molar-refractivity contribution >= 4 is 39.2 Å². The second-order valence-electron chi connectivity index (χ2n) is 7.46. The third-order valence-corrected chi connectivity index (χ3v) is 7.55. The third kappa shape index (κ3) is 5.85. The molecule has 10 heteroatoms. The fourth-order valence-electron chi connectivity index (χ4n) is 3.62. The molecule has 1 aliphatic heterocycles. The van der Waals surface area contributed by atoms with E-state index in [2.05, 4.69) is 5.32 Å². The van der Waals surface area contributed by atoms with E-state index >= 15 is 0 Å². The predicted octanol–water partition coefficient (Wildman–Crippen LogP) is 3.95. The van der Waals surface area contributed by atoms with Crippen LogP contribution in [0.4, 0.5) is 5.69 Å². The summed E-state index contributed by atoms with van der Waals surface area (Å²) < 4.78 is 37.8. The lowest BCUT2D eigenvalue weighted by Crippen LogP contribution is -2.41. The van der Waals surface area contributed by atoms with Gasteiger partial charge in [0.05, 0.1) is 34.4 Å². The van der Waals surface area contributed by atoms with Gasteiger partial charge in [-0.1, -0.05) is 17.7 Å². The summed E-state index contributed by atoms with van der Waals surface area (Å²) in [5.74, 6) is -0.619. The van der Waals surface area contributed by atoms with Crippen LogP contribution in [0.2, 0.25) is 5.02 Å². The standard InChI is InChI=1S/C23H27ClN2O6S/c1-3-31-21-19(24)6-5-7-20(21)25-22(27)16-12-14-26(15-13-16)33(29,30)18-10-8-17(9-11-18)23(28)32-4-2/h5-11,16H,3-4,12-15H2,1-2H3,(H,25,27). The van der Waals surface area contributed by atoms with E-state index in [9.17, 15) is 18.0 Å². The summed E-state index contributed by atoms with van der Waals surface area (Å²) in [4.78, 5) is 24.7. The monoisotopic (exact) mass is 494 g/mol. The van der Waals surface area contributed by atoms with E-state index < -0.39 is 16.0 Å². The van der Waals surface area contributed by atoms with Crippen LogP contribution in [0.5, 0.6) is 5.75 Å².